The molecule has 0 heterocycles. The van der Waals surface area contributed by atoms with Gasteiger partial charge in [-0.25, -0.2) is 13.2 Å². The quantitative estimate of drug-likeness (QED) is 0.554. The first kappa shape index (κ1) is 22.5. The third kappa shape index (κ3) is 5.30. The van der Waals surface area contributed by atoms with E-state index in [4.69, 9.17) is 10.00 Å². The first-order chi connectivity index (χ1) is 15.3. The molecular formula is C23H19N3O5S. The van der Waals surface area contributed by atoms with E-state index in [1.54, 1.807) is 54.6 Å². The van der Waals surface area contributed by atoms with Crippen LogP contribution in [-0.4, -0.2) is 33.9 Å². The average molecular weight is 449 g/mol. The van der Waals surface area contributed by atoms with Crippen LogP contribution in [0.15, 0.2) is 83.8 Å². The summed E-state index contributed by atoms with van der Waals surface area (Å²) in [4.78, 5) is 24.3. The summed E-state index contributed by atoms with van der Waals surface area (Å²) in [7, 11) is -2.48. The Morgan fingerprint density at radius 3 is 2.34 bits per heavy atom. The lowest BCUT2D eigenvalue weighted by atomic mass is 10.2. The molecule has 0 fully saturated rings. The Kier molecular flexibility index (Phi) is 6.87. The minimum Gasteiger partial charge on any atom is -0.452 e. The van der Waals surface area contributed by atoms with Crippen LogP contribution in [0.5, 0.6) is 0 Å². The minimum absolute atomic E-state index is 0.00119. The van der Waals surface area contributed by atoms with Crippen molar-refractivity contribution in [2.45, 2.75) is 4.90 Å². The number of nitrogens with zero attached hydrogens (tertiary/aromatic N) is 2. The Hall–Kier alpha value is -4.16. The molecule has 0 radical (unpaired) electrons. The SMILES string of the molecule is CN(c1ccccc1)S(=O)(=O)c1cccc(C(=O)OCC(=O)Nc2ccc(C#N)cc2)c1. The summed E-state index contributed by atoms with van der Waals surface area (Å²) in [5.74, 6) is -1.41. The number of nitriles is 1. The summed E-state index contributed by atoms with van der Waals surface area (Å²) < 4.78 is 31.9. The van der Waals surface area contributed by atoms with Crippen LogP contribution in [0.1, 0.15) is 15.9 Å². The number of sulfonamides is 1. The summed E-state index contributed by atoms with van der Waals surface area (Å²) in [6.07, 6.45) is 0. The van der Waals surface area contributed by atoms with Gasteiger partial charge in [-0.15, -0.1) is 0 Å². The first-order valence-corrected chi connectivity index (χ1v) is 10.9. The molecule has 1 N–H and O–H groups in total. The zero-order valence-electron chi connectivity index (χ0n) is 17.1. The van der Waals surface area contributed by atoms with Crippen molar-refractivity contribution >= 4 is 33.3 Å². The number of hydrogen-bond donors (Lipinski definition) is 1. The molecule has 0 aliphatic heterocycles. The first-order valence-electron chi connectivity index (χ1n) is 9.42. The molecule has 0 saturated carbocycles. The fraction of sp³-hybridized carbons (Fsp3) is 0.0870. The Morgan fingerprint density at radius 2 is 1.69 bits per heavy atom. The molecule has 0 bridgehead atoms. The lowest BCUT2D eigenvalue weighted by Crippen LogP contribution is -2.26. The molecule has 3 rings (SSSR count). The van der Waals surface area contributed by atoms with Gasteiger partial charge in [-0.3, -0.25) is 9.10 Å². The monoisotopic (exact) mass is 449 g/mol. The maximum atomic E-state index is 12.9. The Bertz CT molecular complexity index is 1270. The van der Waals surface area contributed by atoms with Crippen molar-refractivity contribution in [2.24, 2.45) is 0 Å². The van der Waals surface area contributed by atoms with Crippen molar-refractivity contribution in [1.29, 1.82) is 5.26 Å². The zero-order chi connectivity index (χ0) is 23.1. The number of rotatable bonds is 7. The smallest absolute Gasteiger partial charge is 0.338 e. The highest BCUT2D eigenvalue weighted by atomic mass is 32.2. The van der Waals surface area contributed by atoms with E-state index >= 15 is 0 Å². The number of benzene rings is 3. The fourth-order valence-electron chi connectivity index (χ4n) is 2.76. The predicted octanol–water partition coefficient (Wildman–Crippen LogP) is 3.18. The molecular weight excluding hydrogens is 430 g/mol. The van der Waals surface area contributed by atoms with Gasteiger partial charge in [0.2, 0.25) is 0 Å². The van der Waals surface area contributed by atoms with Gasteiger partial charge in [-0.1, -0.05) is 24.3 Å². The number of esters is 1. The van der Waals surface area contributed by atoms with Gasteiger partial charge in [0.25, 0.3) is 15.9 Å². The number of amides is 1. The molecule has 0 spiro atoms. The van der Waals surface area contributed by atoms with Crippen LogP contribution in [0.4, 0.5) is 11.4 Å². The van der Waals surface area contributed by atoms with Gasteiger partial charge in [0.15, 0.2) is 6.61 Å². The van der Waals surface area contributed by atoms with Gasteiger partial charge < -0.3 is 10.1 Å². The van der Waals surface area contributed by atoms with Crippen LogP contribution in [0.2, 0.25) is 0 Å². The number of hydrogen-bond acceptors (Lipinski definition) is 6. The van der Waals surface area contributed by atoms with Gasteiger partial charge in [0.1, 0.15) is 0 Å². The standard InChI is InChI=1S/C23H19N3O5S/c1-26(20-7-3-2-4-8-20)32(29,30)21-9-5-6-18(14-21)23(28)31-16-22(27)25-19-12-10-17(15-24)11-13-19/h2-14H,16H2,1H3,(H,25,27). The highest BCUT2D eigenvalue weighted by Gasteiger charge is 2.22. The normalized spacial score (nSPS) is 10.6. The third-order valence-electron chi connectivity index (χ3n) is 4.48. The topological polar surface area (TPSA) is 117 Å². The van der Waals surface area contributed by atoms with Crippen molar-refractivity contribution in [2.75, 3.05) is 23.3 Å². The van der Waals surface area contributed by atoms with Gasteiger partial charge in [-0.05, 0) is 54.6 Å². The summed E-state index contributed by atoms with van der Waals surface area (Å²) in [6.45, 7) is -0.556. The van der Waals surface area contributed by atoms with Crippen LogP contribution in [0.25, 0.3) is 0 Å². The molecule has 1 amide bonds. The van der Waals surface area contributed by atoms with E-state index in [-0.39, 0.29) is 10.5 Å². The van der Waals surface area contributed by atoms with E-state index in [0.717, 1.165) is 4.31 Å². The number of carbonyl (C=O) groups is 2. The lowest BCUT2D eigenvalue weighted by molar-refractivity contribution is -0.119. The second-order valence-corrected chi connectivity index (χ2v) is 8.62. The average Bonchev–Trinajstić information content (AvgIpc) is 2.83. The molecule has 0 aliphatic carbocycles. The molecule has 0 unspecified atom stereocenters. The van der Waals surface area contributed by atoms with Gasteiger partial charge in [-0.2, -0.15) is 5.26 Å². The third-order valence-corrected chi connectivity index (χ3v) is 6.26. The highest BCUT2D eigenvalue weighted by Crippen LogP contribution is 2.22. The van der Waals surface area contributed by atoms with E-state index in [0.29, 0.717) is 16.9 Å². The lowest BCUT2D eigenvalue weighted by Gasteiger charge is -2.19. The van der Waals surface area contributed by atoms with Gasteiger partial charge >= 0.3 is 5.97 Å². The number of para-hydroxylation sites is 1. The number of carbonyl (C=O) groups excluding carboxylic acids is 2. The van der Waals surface area contributed by atoms with Crippen LogP contribution in [0, 0.1) is 11.3 Å². The molecule has 162 valence electrons. The van der Waals surface area contributed by atoms with Gasteiger partial charge in [0, 0.05) is 12.7 Å². The van der Waals surface area contributed by atoms with Crippen LogP contribution in [0.3, 0.4) is 0 Å². The molecule has 0 aliphatic rings. The minimum atomic E-state index is -3.90. The van der Waals surface area contributed by atoms with E-state index in [1.807, 2.05) is 6.07 Å². The molecule has 3 aromatic carbocycles. The summed E-state index contributed by atoms with van der Waals surface area (Å²) in [6, 6.07) is 22.1. The second kappa shape index (κ2) is 9.76. The summed E-state index contributed by atoms with van der Waals surface area (Å²) in [5, 5.41) is 11.3. The number of anilines is 2. The van der Waals surface area contributed by atoms with Crippen molar-refractivity contribution < 1.29 is 22.7 Å². The van der Waals surface area contributed by atoms with Crippen molar-refractivity contribution in [3.63, 3.8) is 0 Å². The summed E-state index contributed by atoms with van der Waals surface area (Å²) >= 11 is 0. The van der Waals surface area contributed by atoms with E-state index in [2.05, 4.69) is 5.32 Å². The highest BCUT2D eigenvalue weighted by molar-refractivity contribution is 7.92. The maximum Gasteiger partial charge on any atom is 0.338 e. The van der Waals surface area contributed by atoms with Gasteiger partial charge in [0.05, 0.1) is 27.8 Å². The molecule has 0 aromatic heterocycles. The second-order valence-electron chi connectivity index (χ2n) is 6.65. The van der Waals surface area contributed by atoms with E-state index in [9.17, 15) is 18.0 Å². The summed E-state index contributed by atoms with van der Waals surface area (Å²) in [5.41, 5.74) is 1.36. The predicted molar refractivity (Wildman–Crippen MR) is 119 cm³/mol. The largest absolute Gasteiger partial charge is 0.452 e. The Labute approximate surface area is 185 Å². The Balaban J connectivity index is 1.65. The molecule has 32 heavy (non-hydrogen) atoms. The number of nitrogens with one attached hydrogen (secondary N) is 1. The Morgan fingerprint density at radius 1 is 1.00 bits per heavy atom. The molecule has 9 heteroatoms. The van der Waals surface area contributed by atoms with Crippen molar-refractivity contribution in [3.8, 4) is 6.07 Å². The van der Waals surface area contributed by atoms with Crippen LogP contribution in [-0.2, 0) is 19.6 Å². The van der Waals surface area contributed by atoms with Crippen molar-refractivity contribution in [1.82, 2.24) is 0 Å². The van der Waals surface area contributed by atoms with E-state index < -0.39 is 28.5 Å². The molecule has 3 aromatic rings. The molecule has 8 nitrogen and oxygen atoms in total. The van der Waals surface area contributed by atoms with E-state index in [1.165, 1.54) is 31.3 Å². The fourth-order valence-corrected chi connectivity index (χ4v) is 4.00. The number of ether oxygens (including phenoxy) is 1. The van der Waals surface area contributed by atoms with Crippen LogP contribution >= 0.6 is 0 Å². The van der Waals surface area contributed by atoms with Crippen LogP contribution < -0.4 is 9.62 Å². The molecule has 0 atom stereocenters. The molecule has 0 saturated heterocycles. The van der Waals surface area contributed by atoms with Crippen molar-refractivity contribution in [3.05, 3.63) is 90.0 Å². The zero-order valence-corrected chi connectivity index (χ0v) is 17.9. The maximum absolute atomic E-state index is 12.9.